The number of hydrogen-bond acceptors (Lipinski definition) is 4. The van der Waals surface area contributed by atoms with Crippen molar-refractivity contribution in [3.8, 4) is 0 Å². The molecule has 0 aliphatic rings. The molecule has 0 aliphatic carbocycles. The van der Waals surface area contributed by atoms with Crippen molar-refractivity contribution >= 4 is 27.7 Å². The maximum Gasteiger partial charge on any atom is 0.238 e. The molecule has 0 radical (unpaired) electrons. The molecule has 1 aromatic rings. The van der Waals surface area contributed by atoms with Gasteiger partial charge in [-0.15, -0.1) is 0 Å². The van der Waals surface area contributed by atoms with Crippen LogP contribution < -0.4 is 15.8 Å². The van der Waals surface area contributed by atoms with Gasteiger partial charge in [-0.1, -0.05) is 12.1 Å². The van der Waals surface area contributed by atoms with Gasteiger partial charge in [-0.2, -0.15) is 11.8 Å². The van der Waals surface area contributed by atoms with Crippen molar-refractivity contribution in [1.29, 1.82) is 0 Å². The minimum absolute atomic E-state index is 0.107. The fraction of sp³-hybridized carbons (Fsp3) is 0.462. The Kier molecular flexibility index (Phi) is 7.55. The van der Waals surface area contributed by atoms with Crippen LogP contribution in [0, 0.1) is 0 Å². The third-order valence-corrected chi connectivity index (χ3v) is 4.11. The second-order valence-electron chi connectivity index (χ2n) is 4.31. The Bertz CT molecular complexity index is 573. The van der Waals surface area contributed by atoms with Crippen LogP contribution in [0.4, 0.5) is 0 Å². The van der Waals surface area contributed by atoms with Crippen LogP contribution in [0.15, 0.2) is 34.2 Å². The van der Waals surface area contributed by atoms with Crippen molar-refractivity contribution in [3.05, 3.63) is 29.8 Å². The van der Waals surface area contributed by atoms with Gasteiger partial charge >= 0.3 is 0 Å². The predicted molar refractivity (Wildman–Crippen MR) is 89.0 cm³/mol. The third kappa shape index (κ3) is 6.83. The molecule has 0 amide bonds. The van der Waals surface area contributed by atoms with Crippen molar-refractivity contribution in [2.75, 3.05) is 25.1 Å². The van der Waals surface area contributed by atoms with E-state index in [-0.39, 0.29) is 4.90 Å². The van der Waals surface area contributed by atoms with Crippen LogP contribution in [0.1, 0.15) is 12.5 Å². The molecule has 0 fully saturated rings. The number of sulfonamides is 1. The average Bonchev–Trinajstić information content (AvgIpc) is 2.44. The Morgan fingerprint density at radius 1 is 1.38 bits per heavy atom. The molecule has 0 unspecified atom stereocenters. The maximum atomic E-state index is 11.3. The molecule has 0 saturated heterocycles. The number of hydrogen-bond donors (Lipinski definition) is 3. The van der Waals surface area contributed by atoms with Gasteiger partial charge in [0.05, 0.1) is 11.4 Å². The number of guanidine groups is 1. The molecule has 1 aromatic carbocycles. The highest BCUT2D eigenvalue weighted by Crippen LogP contribution is 2.10. The second-order valence-corrected chi connectivity index (χ2v) is 6.85. The smallest absolute Gasteiger partial charge is 0.238 e. The number of aliphatic imine (C=N–C) groups is 1. The van der Waals surface area contributed by atoms with Crippen LogP contribution in [0.5, 0.6) is 0 Å². The standard InChI is InChI=1S/C13H22N4O2S2/c1-3-15-13(16-7-8-20-2)17-10-11-5-4-6-12(9-11)21(14,18)19/h4-6,9H,3,7-8,10H2,1-2H3,(H2,14,18,19)(H2,15,16,17). The van der Waals surface area contributed by atoms with E-state index in [2.05, 4.69) is 15.6 Å². The molecule has 118 valence electrons. The molecule has 0 aliphatic heterocycles. The molecule has 21 heavy (non-hydrogen) atoms. The summed E-state index contributed by atoms with van der Waals surface area (Å²) in [4.78, 5) is 4.54. The topological polar surface area (TPSA) is 96.6 Å². The fourth-order valence-electron chi connectivity index (χ4n) is 1.60. The highest BCUT2D eigenvalue weighted by molar-refractivity contribution is 7.98. The van der Waals surface area contributed by atoms with Crippen LogP contribution in [-0.2, 0) is 16.6 Å². The number of nitrogens with zero attached hydrogens (tertiary/aromatic N) is 1. The average molecular weight is 330 g/mol. The number of primary sulfonamides is 1. The van der Waals surface area contributed by atoms with Gasteiger partial charge in [0.15, 0.2) is 5.96 Å². The van der Waals surface area contributed by atoms with Crippen molar-refractivity contribution in [2.45, 2.75) is 18.4 Å². The van der Waals surface area contributed by atoms with Gasteiger partial charge in [-0.05, 0) is 30.9 Å². The van der Waals surface area contributed by atoms with Gasteiger partial charge in [0.25, 0.3) is 0 Å². The highest BCUT2D eigenvalue weighted by Gasteiger charge is 2.07. The van der Waals surface area contributed by atoms with Crippen LogP contribution in [-0.4, -0.2) is 39.5 Å². The summed E-state index contributed by atoms with van der Waals surface area (Å²) in [7, 11) is -3.67. The minimum atomic E-state index is -3.67. The lowest BCUT2D eigenvalue weighted by Gasteiger charge is -2.10. The van der Waals surface area contributed by atoms with Gasteiger partial charge in [0, 0.05) is 18.8 Å². The van der Waals surface area contributed by atoms with Gasteiger partial charge in [0.2, 0.25) is 10.0 Å². The normalized spacial score (nSPS) is 12.2. The first-order valence-electron chi connectivity index (χ1n) is 6.60. The predicted octanol–water partition coefficient (Wildman–Crippen LogP) is 0.752. The van der Waals surface area contributed by atoms with E-state index >= 15 is 0 Å². The first-order chi connectivity index (χ1) is 9.97. The van der Waals surface area contributed by atoms with Crippen molar-refractivity contribution in [3.63, 3.8) is 0 Å². The molecule has 1 rings (SSSR count). The molecule has 6 nitrogen and oxygen atoms in total. The Morgan fingerprint density at radius 3 is 2.76 bits per heavy atom. The van der Waals surface area contributed by atoms with Crippen LogP contribution >= 0.6 is 11.8 Å². The monoisotopic (exact) mass is 330 g/mol. The van der Waals surface area contributed by atoms with Crippen LogP contribution in [0.2, 0.25) is 0 Å². The minimum Gasteiger partial charge on any atom is -0.357 e. The van der Waals surface area contributed by atoms with E-state index in [9.17, 15) is 8.42 Å². The molecule has 8 heteroatoms. The fourth-order valence-corrected chi connectivity index (χ4v) is 2.49. The maximum absolute atomic E-state index is 11.3. The molecule has 0 heterocycles. The van der Waals surface area contributed by atoms with E-state index in [1.165, 1.54) is 6.07 Å². The zero-order valence-electron chi connectivity index (χ0n) is 12.3. The summed E-state index contributed by atoms with van der Waals surface area (Å²) < 4.78 is 22.6. The molecule has 0 bridgehead atoms. The number of thioether (sulfide) groups is 1. The van der Waals surface area contributed by atoms with Crippen LogP contribution in [0.3, 0.4) is 0 Å². The summed E-state index contributed by atoms with van der Waals surface area (Å²) in [6, 6.07) is 6.51. The largest absolute Gasteiger partial charge is 0.357 e. The van der Waals surface area contributed by atoms with Crippen molar-refractivity contribution in [2.24, 2.45) is 10.1 Å². The summed E-state index contributed by atoms with van der Waals surface area (Å²) in [6.07, 6.45) is 2.05. The SMILES string of the molecule is CCNC(=NCc1cccc(S(N)(=O)=O)c1)NCCSC. The lowest BCUT2D eigenvalue weighted by molar-refractivity contribution is 0.597. The summed E-state index contributed by atoms with van der Waals surface area (Å²) >= 11 is 1.75. The lowest BCUT2D eigenvalue weighted by atomic mass is 10.2. The van der Waals surface area contributed by atoms with E-state index in [1.807, 2.05) is 19.2 Å². The molecule has 0 aromatic heterocycles. The molecular formula is C13H22N4O2S2. The quantitative estimate of drug-likeness (QED) is 0.389. The van der Waals surface area contributed by atoms with E-state index in [0.29, 0.717) is 12.5 Å². The van der Waals surface area contributed by atoms with Crippen molar-refractivity contribution < 1.29 is 8.42 Å². The second kappa shape index (κ2) is 8.91. The Morgan fingerprint density at radius 2 is 2.14 bits per heavy atom. The van der Waals surface area contributed by atoms with Gasteiger partial charge < -0.3 is 10.6 Å². The summed E-state index contributed by atoms with van der Waals surface area (Å²) in [6.45, 7) is 3.97. The van der Waals surface area contributed by atoms with Gasteiger partial charge in [0.1, 0.15) is 0 Å². The molecule has 4 N–H and O–H groups in total. The van der Waals surface area contributed by atoms with E-state index in [1.54, 1.807) is 23.9 Å². The Hall–Kier alpha value is -1.25. The first-order valence-corrected chi connectivity index (χ1v) is 9.54. The molecule has 0 saturated carbocycles. The number of benzene rings is 1. The third-order valence-electron chi connectivity index (χ3n) is 2.59. The summed E-state index contributed by atoms with van der Waals surface area (Å²) in [5.74, 6) is 1.71. The Balaban J connectivity index is 2.75. The van der Waals surface area contributed by atoms with Gasteiger partial charge in [-0.25, -0.2) is 18.5 Å². The van der Waals surface area contributed by atoms with E-state index < -0.39 is 10.0 Å². The van der Waals surface area contributed by atoms with Crippen molar-refractivity contribution in [1.82, 2.24) is 10.6 Å². The number of rotatable bonds is 7. The molecule has 0 atom stereocenters. The number of nitrogens with two attached hydrogens (primary N) is 1. The van der Waals surface area contributed by atoms with E-state index in [0.717, 1.165) is 24.4 Å². The number of nitrogens with one attached hydrogen (secondary N) is 2. The zero-order valence-corrected chi connectivity index (χ0v) is 13.9. The van der Waals surface area contributed by atoms with E-state index in [4.69, 9.17) is 5.14 Å². The summed E-state index contributed by atoms with van der Waals surface area (Å²) in [5, 5.41) is 11.5. The molecular weight excluding hydrogens is 308 g/mol. The summed E-state index contributed by atoms with van der Waals surface area (Å²) in [5.41, 5.74) is 0.795. The lowest BCUT2D eigenvalue weighted by Crippen LogP contribution is -2.38. The highest BCUT2D eigenvalue weighted by atomic mass is 32.2. The molecule has 0 spiro atoms. The Labute approximate surface area is 130 Å². The first kappa shape index (κ1) is 17.8. The van der Waals surface area contributed by atoms with Gasteiger partial charge in [-0.3, -0.25) is 0 Å². The zero-order chi connectivity index (χ0) is 15.7. The van der Waals surface area contributed by atoms with Crippen LogP contribution in [0.25, 0.3) is 0 Å².